The van der Waals surface area contributed by atoms with Crippen molar-refractivity contribution in [1.29, 1.82) is 0 Å². The standard InChI is InChI=1S/C15H25NO2S/c1-11(2)16(12(3)4)14(18)19-15(10-17)8-6-13(5)7-9-15/h6,10-12H,7-9H2,1-5H3/t15-/m1/s1. The van der Waals surface area contributed by atoms with Gasteiger partial charge in [0.2, 0.25) is 0 Å². The molecule has 0 saturated carbocycles. The molecule has 3 nitrogen and oxygen atoms in total. The van der Waals surface area contributed by atoms with Gasteiger partial charge in [0.15, 0.2) is 0 Å². The molecule has 0 aliphatic heterocycles. The van der Waals surface area contributed by atoms with Gasteiger partial charge in [-0.3, -0.25) is 4.79 Å². The van der Waals surface area contributed by atoms with Crippen molar-refractivity contribution in [3.05, 3.63) is 11.6 Å². The minimum absolute atomic E-state index is 0.0186. The van der Waals surface area contributed by atoms with E-state index in [1.54, 1.807) is 0 Å². The van der Waals surface area contributed by atoms with Crippen LogP contribution in [0.25, 0.3) is 0 Å². The zero-order valence-corrected chi connectivity index (χ0v) is 13.4. The molecule has 19 heavy (non-hydrogen) atoms. The third-order valence-electron chi connectivity index (χ3n) is 3.57. The average molecular weight is 283 g/mol. The highest BCUT2D eigenvalue weighted by atomic mass is 32.2. The molecule has 0 N–H and O–H groups in total. The van der Waals surface area contributed by atoms with Crippen molar-refractivity contribution in [2.45, 2.75) is 70.7 Å². The number of aldehydes is 1. The molecule has 108 valence electrons. The van der Waals surface area contributed by atoms with E-state index in [9.17, 15) is 9.59 Å². The first-order chi connectivity index (χ1) is 8.81. The number of hydrogen-bond acceptors (Lipinski definition) is 3. The van der Waals surface area contributed by atoms with E-state index in [1.165, 1.54) is 17.3 Å². The Bertz CT molecular complexity index is 368. The second kappa shape index (κ2) is 6.60. The Morgan fingerprint density at radius 3 is 2.32 bits per heavy atom. The molecule has 1 amide bonds. The van der Waals surface area contributed by atoms with Crippen molar-refractivity contribution in [2.24, 2.45) is 0 Å². The van der Waals surface area contributed by atoms with E-state index in [0.717, 1.165) is 19.1 Å². The summed E-state index contributed by atoms with van der Waals surface area (Å²) in [6, 6.07) is 0.314. The molecule has 0 aromatic heterocycles. The predicted molar refractivity (Wildman–Crippen MR) is 81.5 cm³/mol. The number of amides is 1. The molecule has 0 spiro atoms. The third-order valence-corrected chi connectivity index (χ3v) is 4.83. The van der Waals surface area contributed by atoms with Crippen molar-refractivity contribution in [3.8, 4) is 0 Å². The molecule has 4 heteroatoms. The highest BCUT2D eigenvalue weighted by Crippen LogP contribution is 2.39. The fourth-order valence-electron chi connectivity index (χ4n) is 2.43. The topological polar surface area (TPSA) is 37.4 Å². The van der Waals surface area contributed by atoms with Crippen LogP contribution in [0.5, 0.6) is 0 Å². The van der Waals surface area contributed by atoms with Crippen LogP contribution in [0.1, 0.15) is 53.9 Å². The molecular weight excluding hydrogens is 258 g/mol. The van der Waals surface area contributed by atoms with Crippen molar-refractivity contribution in [3.63, 3.8) is 0 Å². The summed E-state index contributed by atoms with van der Waals surface area (Å²) in [5, 5.41) is 0.0186. The highest BCUT2D eigenvalue weighted by molar-refractivity contribution is 8.15. The zero-order chi connectivity index (χ0) is 14.6. The second-order valence-corrected chi connectivity index (χ2v) is 7.27. The lowest BCUT2D eigenvalue weighted by molar-refractivity contribution is -0.110. The summed E-state index contributed by atoms with van der Waals surface area (Å²) in [5.74, 6) is 0. The maximum atomic E-state index is 12.4. The van der Waals surface area contributed by atoms with Gasteiger partial charge in [-0.05, 0) is 65.6 Å². The monoisotopic (exact) mass is 283 g/mol. The van der Waals surface area contributed by atoms with Gasteiger partial charge in [-0.1, -0.05) is 11.6 Å². The first-order valence-electron chi connectivity index (χ1n) is 6.94. The minimum Gasteiger partial charge on any atom is -0.329 e. The predicted octanol–water partition coefficient (Wildman–Crippen LogP) is 4.03. The fourth-order valence-corrected chi connectivity index (χ4v) is 3.72. The number of thioether (sulfide) groups is 1. The van der Waals surface area contributed by atoms with Crippen LogP contribution >= 0.6 is 11.8 Å². The van der Waals surface area contributed by atoms with Crippen molar-refractivity contribution in [1.82, 2.24) is 4.90 Å². The quantitative estimate of drug-likeness (QED) is 0.577. The van der Waals surface area contributed by atoms with Gasteiger partial charge < -0.3 is 9.69 Å². The van der Waals surface area contributed by atoms with Crippen LogP contribution in [0.3, 0.4) is 0 Å². The van der Waals surface area contributed by atoms with Crippen LogP contribution in [0.15, 0.2) is 11.6 Å². The van der Waals surface area contributed by atoms with Crippen LogP contribution in [-0.4, -0.2) is 33.3 Å². The summed E-state index contributed by atoms with van der Waals surface area (Å²) in [6.45, 7) is 10.1. The molecule has 0 aromatic rings. The normalized spacial score (nSPS) is 23.4. The number of hydrogen-bond donors (Lipinski definition) is 0. The van der Waals surface area contributed by atoms with Gasteiger partial charge in [0.05, 0.1) is 4.75 Å². The van der Waals surface area contributed by atoms with Crippen molar-refractivity contribution in [2.75, 3.05) is 0 Å². The summed E-state index contributed by atoms with van der Waals surface area (Å²) in [6.07, 6.45) is 5.40. The van der Waals surface area contributed by atoms with E-state index in [-0.39, 0.29) is 17.3 Å². The van der Waals surface area contributed by atoms with Gasteiger partial charge in [-0.15, -0.1) is 0 Å². The molecule has 0 radical (unpaired) electrons. The number of allylic oxidation sites excluding steroid dienone is 2. The summed E-state index contributed by atoms with van der Waals surface area (Å²) >= 11 is 1.21. The zero-order valence-electron chi connectivity index (χ0n) is 12.6. The van der Waals surface area contributed by atoms with Crippen LogP contribution < -0.4 is 0 Å². The molecule has 0 aromatic carbocycles. The lowest BCUT2D eigenvalue weighted by Gasteiger charge is -2.35. The molecule has 0 bridgehead atoms. The molecule has 0 heterocycles. The molecule has 0 saturated heterocycles. The average Bonchev–Trinajstić information content (AvgIpc) is 2.31. The van der Waals surface area contributed by atoms with Gasteiger partial charge in [-0.25, -0.2) is 0 Å². The fraction of sp³-hybridized carbons (Fsp3) is 0.733. The maximum Gasteiger partial charge on any atom is 0.283 e. The van der Waals surface area contributed by atoms with Gasteiger partial charge in [0.25, 0.3) is 5.24 Å². The maximum absolute atomic E-state index is 12.4. The third kappa shape index (κ3) is 4.10. The summed E-state index contributed by atoms with van der Waals surface area (Å²) < 4.78 is -0.557. The summed E-state index contributed by atoms with van der Waals surface area (Å²) in [4.78, 5) is 25.8. The molecular formula is C15H25NO2S. The highest BCUT2D eigenvalue weighted by Gasteiger charge is 2.37. The number of carbonyl (C=O) groups excluding carboxylic acids is 2. The summed E-state index contributed by atoms with van der Waals surface area (Å²) in [7, 11) is 0. The molecule has 0 unspecified atom stereocenters. The van der Waals surface area contributed by atoms with Crippen LogP contribution in [-0.2, 0) is 4.79 Å². The van der Waals surface area contributed by atoms with E-state index in [1.807, 2.05) is 32.6 Å². The van der Waals surface area contributed by atoms with E-state index in [2.05, 4.69) is 13.0 Å². The number of nitrogens with zero attached hydrogens (tertiary/aromatic N) is 1. The van der Waals surface area contributed by atoms with Gasteiger partial charge >= 0.3 is 0 Å². The van der Waals surface area contributed by atoms with E-state index in [4.69, 9.17) is 0 Å². The van der Waals surface area contributed by atoms with Crippen molar-refractivity contribution < 1.29 is 9.59 Å². The lowest BCUT2D eigenvalue weighted by Crippen LogP contribution is -2.42. The Kier molecular flexibility index (Phi) is 5.65. The first kappa shape index (κ1) is 16.3. The first-order valence-corrected chi connectivity index (χ1v) is 7.76. The smallest absolute Gasteiger partial charge is 0.283 e. The van der Waals surface area contributed by atoms with Gasteiger partial charge in [0, 0.05) is 12.1 Å². The Labute approximate surface area is 120 Å². The van der Waals surface area contributed by atoms with Gasteiger partial charge in [0.1, 0.15) is 6.29 Å². The molecule has 1 aliphatic carbocycles. The summed E-state index contributed by atoms with van der Waals surface area (Å²) in [5.41, 5.74) is 1.31. The Hall–Kier alpha value is -0.770. The second-order valence-electron chi connectivity index (χ2n) is 5.90. The van der Waals surface area contributed by atoms with E-state index < -0.39 is 4.75 Å². The Balaban J connectivity index is 2.81. The van der Waals surface area contributed by atoms with E-state index in [0.29, 0.717) is 6.42 Å². The van der Waals surface area contributed by atoms with E-state index >= 15 is 0 Å². The van der Waals surface area contributed by atoms with Crippen LogP contribution in [0.2, 0.25) is 0 Å². The molecule has 1 atom stereocenters. The molecule has 0 fully saturated rings. The van der Waals surface area contributed by atoms with Crippen molar-refractivity contribution >= 4 is 23.3 Å². The Morgan fingerprint density at radius 2 is 1.95 bits per heavy atom. The van der Waals surface area contributed by atoms with Crippen LogP contribution in [0.4, 0.5) is 4.79 Å². The molecule has 1 aliphatic rings. The minimum atomic E-state index is -0.557. The Morgan fingerprint density at radius 1 is 1.37 bits per heavy atom. The number of rotatable bonds is 4. The molecule has 1 rings (SSSR count). The van der Waals surface area contributed by atoms with Crippen LogP contribution in [0, 0.1) is 0 Å². The SMILES string of the molecule is CC1=CC[C@@](C=O)(SC(=O)N(C(C)C)C(C)C)CC1. The van der Waals surface area contributed by atoms with Gasteiger partial charge in [-0.2, -0.15) is 0 Å². The lowest BCUT2D eigenvalue weighted by atomic mass is 9.90. The largest absolute Gasteiger partial charge is 0.329 e. The number of carbonyl (C=O) groups is 2.